The van der Waals surface area contributed by atoms with Crippen molar-refractivity contribution in [2.45, 2.75) is 31.2 Å². The second-order valence-corrected chi connectivity index (χ2v) is 7.78. The van der Waals surface area contributed by atoms with Crippen LogP contribution in [0, 0.1) is 0 Å². The predicted molar refractivity (Wildman–Crippen MR) is 110 cm³/mol. The molecule has 2 aromatic heterocycles. The number of alkyl halides is 3. The zero-order valence-corrected chi connectivity index (χ0v) is 17.2. The van der Waals surface area contributed by atoms with Crippen LogP contribution in [0.2, 0.25) is 0 Å². The number of imidazole rings is 1. The summed E-state index contributed by atoms with van der Waals surface area (Å²) in [5.41, 5.74) is 4.41. The number of carbonyl (C=O) groups is 1. The van der Waals surface area contributed by atoms with E-state index < -0.39 is 30.2 Å². The number of aromatic nitrogens is 2. The van der Waals surface area contributed by atoms with Crippen LogP contribution in [-0.4, -0.2) is 45.8 Å². The average molecular weight is 443 g/mol. The van der Waals surface area contributed by atoms with Gasteiger partial charge in [0.15, 0.2) is 11.4 Å². The number of halogens is 3. The van der Waals surface area contributed by atoms with E-state index in [9.17, 15) is 18.0 Å². The Hall–Kier alpha value is -3.53. The van der Waals surface area contributed by atoms with Crippen LogP contribution in [-0.2, 0) is 4.79 Å². The number of allylic oxidation sites excluding steroid dienone is 1. The topological polar surface area (TPSA) is 70.9 Å². The van der Waals surface area contributed by atoms with Crippen LogP contribution in [0.4, 0.5) is 13.2 Å². The molecule has 2 aliphatic heterocycles. The molecule has 1 aromatic carbocycles. The maximum absolute atomic E-state index is 13.9. The number of hydrazine groups is 1. The maximum atomic E-state index is 13.9. The third-order valence-corrected chi connectivity index (χ3v) is 5.89. The van der Waals surface area contributed by atoms with E-state index in [1.807, 2.05) is 0 Å². The summed E-state index contributed by atoms with van der Waals surface area (Å²) >= 11 is 0. The molecule has 3 aromatic rings. The Labute approximate surface area is 181 Å². The Kier molecular flexibility index (Phi) is 4.63. The molecule has 3 unspecified atom stereocenters. The molecule has 2 N–H and O–H groups in total. The number of hydrogen-bond donors (Lipinski definition) is 2. The Morgan fingerprint density at radius 1 is 1.12 bits per heavy atom. The van der Waals surface area contributed by atoms with Gasteiger partial charge in [-0.3, -0.25) is 4.79 Å². The Morgan fingerprint density at radius 3 is 2.56 bits per heavy atom. The molecular weight excluding hydrogens is 423 g/mol. The van der Waals surface area contributed by atoms with Crippen molar-refractivity contribution in [1.29, 1.82) is 0 Å². The molecule has 1 amide bonds. The van der Waals surface area contributed by atoms with Gasteiger partial charge in [-0.05, 0) is 24.6 Å². The Balaban J connectivity index is 1.58. The molecule has 0 spiro atoms. The van der Waals surface area contributed by atoms with Gasteiger partial charge in [0.2, 0.25) is 0 Å². The van der Waals surface area contributed by atoms with Gasteiger partial charge in [0, 0.05) is 18.1 Å². The molecule has 3 atom stereocenters. The fraction of sp³-hybridized carbons (Fsp3) is 0.273. The third kappa shape index (κ3) is 3.10. The first kappa shape index (κ1) is 20.4. The highest BCUT2D eigenvalue weighted by Crippen LogP contribution is 2.42. The van der Waals surface area contributed by atoms with Crippen molar-refractivity contribution >= 4 is 17.1 Å². The summed E-state index contributed by atoms with van der Waals surface area (Å²) in [5.74, 6) is -1.06. The van der Waals surface area contributed by atoms with E-state index in [4.69, 9.17) is 4.74 Å². The van der Waals surface area contributed by atoms with Gasteiger partial charge in [0.25, 0.3) is 5.91 Å². The van der Waals surface area contributed by atoms with Crippen LogP contribution in [0.3, 0.4) is 0 Å². The monoisotopic (exact) mass is 443 g/mol. The highest BCUT2D eigenvalue weighted by Gasteiger charge is 2.57. The molecule has 32 heavy (non-hydrogen) atoms. The zero-order valence-electron chi connectivity index (χ0n) is 17.2. The first-order valence-electron chi connectivity index (χ1n) is 10.0. The number of benzene rings is 1. The van der Waals surface area contributed by atoms with Gasteiger partial charge in [-0.2, -0.15) is 13.2 Å². The molecule has 7 nitrogen and oxygen atoms in total. The van der Waals surface area contributed by atoms with E-state index in [1.165, 1.54) is 7.11 Å². The van der Waals surface area contributed by atoms with E-state index in [-0.39, 0.29) is 5.57 Å². The summed E-state index contributed by atoms with van der Waals surface area (Å²) in [6.45, 7) is 1.68. The van der Waals surface area contributed by atoms with Crippen LogP contribution in [0.15, 0.2) is 60.6 Å². The molecule has 10 heteroatoms. The second-order valence-electron chi connectivity index (χ2n) is 7.78. The summed E-state index contributed by atoms with van der Waals surface area (Å²) in [6, 6.07) is 10.0. The van der Waals surface area contributed by atoms with Crippen LogP contribution in [0.1, 0.15) is 24.1 Å². The van der Waals surface area contributed by atoms with Gasteiger partial charge in [-0.25, -0.2) is 15.4 Å². The van der Waals surface area contributed by atoms with Crippen molar-refractivity contribution < 1.29 is 22.7 Å². The van der Waals surface area contributed by atoms with Gasteiger partial charge in [-0.15, -0.1) is 0 Å². The predicted octanol–water partition coefficient (Wildman–Crippen LogP) is 3.06. The minimum absolute atomic E-state index is 0.203. The molecule has 5 rings (SSSR count). The number of hydrogen-bond acceptors (Lipinski definition) is 5. The lowest BCUT2D eigenvalue weighted by Crippen LogP contribution is -2.54. The first-order chi connectivity index (χ1) is 15.3. The van der Waals surface area contributed by atoms with Crippen LogP contribution < -0.4 is 15.5 Å². The summed E-state index contributed by atoms with van der Waals surface area (Å²) in [5, 5.41) is 4.16. The fourth-order valence-corrected chi connectivity index (χ4v) is 4.46. The lowest BCUT2D eigenvalue weighted by atomic mass is 9.89. The molecule has 0 radical (unpaired) electrons. The molecule has 166 valence electrons. The van der Waals surface area contributed by atoms with E-state index >= 15 is 0 Å². The number of pyridine rings is 1. The fourth-order valence-electron chi connectivity index (χ4n) is 4.46. The van der Waals surface area contributed by atoms with Crippen molar-refractivity contribution in [3.8, 4) is 5.75 Å². The number of carbonyl (C=O) groups excluding carboxylic acids is 1. The largest absolute Gasteiger partial charge is 0.493 e. The van der Waals surface area contributed by atoms with Crippen molar-refractivity contribution in [2.75, 3.05) is 7.11 Å². The van der Waals surface area contributed by atoms with E-state index in [2.05, 4.69) is 15.7 Å². The minimum Gasteiger partial charge on any atom is -0.493 e. The standard InChI is InChI=1S/C22H20F3N5O2/c1-12-16(14-11-29-10-6-9-15(32-2)19(29)27-14)21(31)30-20(26-12)17(13-7-4-3-5-8-13)18(28-30)22(23,24)25/h3-11,17-18,20,26,28H,1-2H3. The number of nitrogens with zero attached hydrogens (tertiary/aromatic N) is 3. The normalized spacial score (nSPS) is 23.5. The molecule has 0 saturated carbocycles. The number of fused-ring (bicyclic) bond motifs is 2. The number of methoxy groups -OCH3 is 1. The summed E-state index contributed by atoms with van der Waals surface area (Å²) in [7, 11) is 1.52. The van der Waals surface area contributed by atoms with E-state index in [0.717, 1.165) is 5.01 Å². The molecular formula is C22H20F3N5O2. The molecule has 1 fully saturated rings. The third-order valence-electron chi connectivity index (χ3n) is 5.89. The highest BCUT2D eigenvalue weighted by molar-refractivity contribution is 6.20. The Morgan fingerprint density at radius 2 is 1.88 bits per heavy atom. The summed E-state index contributed by atoms with van der Waals surface area (Å²) < 4.78 is 48.8. The zero-order chi connectivity index (χ0) is 22.6. The van der Waals surface area contributed by atoms with Crippen molar-refractivity contribution in [3.63, 3.8) is 0 Å². The van der Waals surface area contributed by atoms with Crippen molar-refractivity contribution in [2.24, 2.45) is 0 Å². The molecule has 2 aliphatic rings. The van der Waals surface area contributed by atoms with Crippen LogP contribution in [0.25, 0.3) is 11.2 Å². The molecule has 0 aliphatic carbocycles. The van der Waals surface area contributed by atoms with Gasteiger partial charge in [-0.1, -0.05) is 30.3 Å². The highest BCUT2D eigenvalue weighted by atomic mass is 19.4. The van der Waals surface area contributed by atoms with E-state index in [1.54, 1.807) is 66.2 Å². The Bertz CT molecular complexity index is 1220. The number of ether oxygens (including phenoxy) is 1. The van der Waals surface area contributed by atoms with Gasteiger partial charge >= 0.3 is 6.18 Å². The first-order valence-corrected chi connectivity index (χ1v) is 10.0. The summed E-state index contributed by atoms with van der Waals surface area (Å²) in [4.78, 5) is 17.9. The number of amides is 1. The van der Waals surface area contributed by atoms with Crippen LogP contribution >= 0.6 is 0 Å². The molecule has 4 heterocycles. The SMILES string of the molecule is COc1cccn2cc(C3=C(C)NC4C(c5ccccc5)C(C(F)(F)F)NN4C3=O)nc12. The quantitative estimate of drug-likeness (QED) is 0.651. The van der Waals surface area contributed by atoms with Crippen LogP contribution in [0.5, 0.6) is 5.75 Å². The minimum atomic E-state index is -4.55. The van der Waals surface area contributed by atoms with Crippen molar-refractivity contribution in [1.82, 2.24) is 25.1 Å². The average Bonchev–Trinajstić information content (AvgIpc) is 3.36. The molecule has 1 saturated heterocycles. The maximum Gasteiger partial charge on any atom is 0.406 e. The van der Waals surface area contributed by atoms with Crippen molar-refractivity contribution in [3.05, 3.63) is 71.8 Å². The van der Waals surface area contributed by atoms with Gasteiger partial charge < -0.3 is 14.5 Å². The van der Waals surface area contributed by atoms with Gasteiger partial charge in [0.05, 0.1) is 24.3 Å². The second kappa shape index (κ2) is 7.27. The van der Waals surface area contributed by atoms with Gasteiger partial charge in [0.1, 0.15) is 12.2 Å². The number of rotatable bonds is 3. The smallest absolute Gasteiger partial charge is 0.406 e. The summed E-state index contributed by atoms with van der Waals surface area (Å²) in [6.07, 6.45) is -2.04. The molecule has 0 bridgehead atoms. The van der Waals surface area contributed by atoms with E-state index in [0.29, 0.717) is 28.4 Å². The lowest BCUT2D eigenvalue weighted by Gasteiger charge is -2.34. The lowest BCUT2D eigenvalue weighted by molar-refractivity contribution is -0.161. The number of nitrogens with one attached hydrogen (secondary N) is 2.